The maximum absolute atomic E-state index is 12.7. The lowest BCUT2D eigenvalue weighted by molar-refractivity contribution is -0.133. The van der Waals surface area contributed by atoms with Gasteiger partial charge < -0.3 is 16.0 Å². The molecular weight excluding hydrogens is 280 g/mol. The van der Waals surface area contributed by atoms with Crippen LogP contribution in [-0.4, -0.2) is 59.5 Å². The Balaban J connectivity index is 1.90. The number of likely N-dealkylation sites (tertiary alicyclic amines) is 1. The van der Waals surface area contributed by atoms with Crippen LogP contribution >= 0.6 is 0 Å². The Morgan fingerprint density at radius 2 is 1.91 bits per heavy atom. The molecule has 2 aliphatic heterocycles. The number of amides is 3. The third-order valence-corrected chi connectivity index (χ3v) is 4.97. The molecule has 1 spiro atoms. The Kier molecular flexibility index (Phi) is 5.81. The number of hydrogen-bond acceptors (Lipinski definition) is 4. The lowest BCUT2D eigenvalue weighted by Crippen LogP contribution is -2.55. The van der Waals surface area contributed by atoms with Gasteiger partial charge in [-0.05, 0) is 32.2 Å². The molecule has 0 aliphatic carbocycles. The fourth-order valence-electron chi connectivity index (χ4n) is 3.29. The van der Waals surface area contributed by atoms with Crippen molar-refractivity contribution in [3.63, 3.8) is 0 Å². The van der Waals surface area contributed by atoms with E-state index in [9.17, 15) is 9.59 Å². The second kappa shape index (κ2) is 7.42. The zero-order valence-electron chi connectivity index (χ0n) is 13.9. The van der Waals surface area contributed by atoms with E-state index in [4.69, 9.17) is 5.73 Å². The highest BCUT2D eigenvalue weighted by Crippen LogP contribution is 2.29. The predicted octanol–water partition coefficient (Wildman–Crippen LogP) is 1.30. The molecule has 0 aromatic carbocycles. The summed E-state index contributed by atoms with van der Waals surface area (Å²) in [4.78, 5) is 28.5. The van der Waals surface area contributed by atoms with Gasteiger partial charge in [0.1, 0.15) is 5.54 Å². The highest BCUT2D eigenvalue weighted by molar-refractivity contribution is 6.07. The number of piperidine rings is 1. The fourth-order valence-corrected chi connectivity index (χ4v) is 3.29. The van der Waals surface area contributed by atoms with Crippen molar-refractivity contribution < 1.29 is 9.59 Å². The van der Waals surface area contributed by atoms with Crippen molar-refractivity contribution in [2.75, 3.05) is 26.2 Å². The van der Waals surface area contributed by atoms with Gasteiger partial charge in [0.15, 0.2) is 0 Å². The average Bonchev–Trinajstić information content (AvgIpc) is 2.74. The highest BCUT2D eigenvalue weighted by atomic mass is 16.2. The molecule has 22 heavy (non-hydrogen) atoms. The lowest BCUT2D eigenvalue weighted by atomic mass is 9.87. The van der Waals surface area contributed by atoms with Crippen LogP contribution in [0.4, 0.5) is 4.79 Å². The smallest absolute Gasteiger partial charge is 0.325 e. The second-order valence-electron chi connectivity index (χ2n) is 6.65. The minimum atomic E-state index is -0.675. The summed E-state index contributed by atoms with van der Waals surface area (Å²) in [6.45, 7) is 7.34. The number of nitrogens with zero attached hydrogens (tertiary/aromatic N) is 2. The van der Waals surface area contributed by atoms with Crippen LogP contribution in [0.25, 0.3) is 0 Å². The van der Waals surface area contributed by atoms with Gasteiger partial charge in [-0.25, -0.2) is 4.79 Å². The Bertz CT molecular complexity index is 405. The number of hydrogen-bond donors (Lipinski definition) is 2. The second-order valence-corrected chi connectivity index (χ2v) is 6.65. The van der Waals surface area contributed by atoms with Gasteiger partial charge in [-0.1, -0.05) is 26.7 Å². The minimum absolute atomic E-state index is 0.0744. The van der Waals surface area contributed by atoms with Crippen LogP contribution in [-0.2, 0) is 4.79 Å². The van der Waals surface area contributed by atoms with Gasteiger partial charge in [-0.2, -0.15) is 0 Å². The molecule has 6 heteroatoms. The molecule has 0 aromatic rings. The van der Waals surface area contributed by atoms with E-state index in [1.165, 1.54) is 24.2 Å². The molecule has 1 atom stereocenters. The van der Waals surface area contributed by atoms with E-state index in [-0.39, 0.29) is 18.0 Å². The number of imide groups is 1. The van der Waals surface area contributed by atoms with Crippen molar-refractivity contribution in [2.45, 2.75) is 64.0 Å². The van der Waals surface area contributed by atoms with Crippen LogP contribution in [0, 0.1) is 0 Å². The summed E-state index contributed by atoms with van der Waals surface area (Å²) in [7, 11) is 0. The van der Waals surface area contributed by atoms with E-state index in [1.807, 2.05) is 6.92 Å². The molecule has 2 fully saturated rings. The molecule has 3 amide bonds. The van der Waals surface area contributed by atoms with Crippen LogP contribution in [0.2, 0.25) is 0 Å². The minimum Gasteiger partial charge on any atom is -0.326 e. The largest absolute Gasteiger partial charge is 0.326 e. The Morgan fingerprint density at radius 1 is 1.23 bits per heavy atom. The molecule has 0 radical (unpaired) electrons. The van der Waals surface area contributed by atoms with Crippen molar-refractivity contribution in [1.82, 2.24) is 15.1 Å². The molecule has 0 bridgehead atoms. The monoisotopic (exact) mass is 310 g/mol. The maximum atomic E-state index is 12.7. The Hall–Kier alpha value is -1.14. The topological polar surface area (TPSA) is 78.7 Å². The first kappa shape index (κ1) is 17.2. The summed E-state index contributed by atoms with van der Waals surface area (Å²) in [6.07, 6.45) is 5.86. The van der Waals surface area contributed by atoms with Crippen molar-refractivity contribution in [1.29, 1.82) is 0 Å². The van der Waals surface area contributed by atoms with Crippen molar-refractivity contribution in [2.24, 2.45) is 5.73 Å². The number of carbonyl (C=O) groups is 2. The molecule has 126 valence electrons. The number of carbonyl (C=O) groups excluding carboxylic acids is 2. The molecular formula is C16H30N4O2. The van der Waals surface area contributed by atoms with Gasteiger partial charge in [-0.15, -0.1) is 0 Å². The molecule has 2 saturated heterocycles. The van der Waals surface area contributed by atoms with E-state index < -0.39 is 5.54 Å². The van der Waals surface area contributed by atoms with Crippen molar-refractivity contribution in [3.05, 3.63) is 0 Å². The summed E-state index contributed by atoms with van der Waals surface area (Å²) in [5, 5.41) is 2.94. The van der Waals surface area contributed by atoms with Gasteiger partial charge in [0.05, 0.1) is 0 Å². The number of nitrogens with two attached hydrogens (primary N) is 1. The number of nitrogens with one attached hydrogen (secondary N) is 1. The normalized spacial score (nSPS) is 23.1. The molecule has 2 rings (SSSR count). The quantitative estimate of drug-likeness (QED) is 0.549. The first-order valence-electron chi connectivity index (χ1n) is 8.64. The van der Waals surface area contributed by atoms with E-state index in [0.29, 0.717) is 19.4 Å². The summed E-state index contributed by atoms with van der Waals surface area (Å²) < 4.78 is 0. The van der Waals surface area contributed by atoms with Crippen LogP contribution in [0.3, 0.4) is 0 Å². The van der Waals surface area contributed by atoms with Crippen molar-refractivity contribution >= 4 is 11.9 Å². The van der Waals surface area contributed by atoms with Gasteiger partial charge in [-0.3, -0.25) is 9.69 Å². The van der Waals surface area contributed by atoms with Crippen molar-refractivity contribution in [3.8, 4) is 0 Å². The summed E-state index contributed by atoms with van der Waals surface area (Å²) >= 11 is 0. The SMILES string of the molecule is CCCCCN1CCC2(CC1)NC(=O)N(CC(N)CC)C2=O. The Morgan fingerprint density at radius 3 is 2.50 bits per heavy atom. The van der Waals surface area contributed by atoms with Crippen LogP contribution in [0.5, 0.6) is 0 Å². The lowest BCUT2D eigenvalue weighted by Gasteiger charge is -2.37. The first-order chi connectivity index (χ1) is 10.5. The molecule has 0 saturated carbocycles. The zero-order chi connectivity index (χ0) is 16.2. The van der Waals surface area contributed by atoms with Gasteiger partial charge in [0.25, 0.3) is 5.91 Å². The van der Waals surface area contributed by atoms with Crippen LogP contribution < -0.4 is 11.1 Å². The molecule has 3 N–H and O–H groups in total. The number of unbranched alkanes of at least 4 members (excludes halogenated alkanes) is 2. The third kappa shape index (κ3) is 3.60. The molecule has 2 aliphatic rings. The highest BCUT2D eigenvalue weighted by Gasteiger charge is 2.52. The summed E-state index contributed by atoms with van der Waals surface area (Å²) in [6, 6.07) is -0.410. The number of urea groups is 1. The molecule has 2 heterocycles. The summed E-state index contributed by atoms with van der Waals surface area (Å²) in [5.74, 6) is -0.0744. The van der Waals surface area contributed by atoms with E-state index >= 15 is 0 Å². The van der Waals surface area contributed by atoms with E-state index in [2.05, 4.69) is 17.1 Å². The molecule has 0 aromatic heterocycles. The zero-order valence-corrected chi connectivity index (χ0v) is 13.9. The molecule has 6 nitrogen and oxygen atoms in total. The number of rotatable bonds is 7. The standard InChI is InChI=1S/C16H30N4O2/c1-3-5-6-9-19-10-7-16(8-11-19)14(21)20(15(22)18-16)12-13(17)4-2/h13H,3-12,17H2,1-2H3,(H,18,22). The van der Waals surface area contributed by atoms with Crippen LogP contribution in [0.1, 0.15) is 52.4 Å². The van der Waals surface area contributed by atoms with Gasteiger partial charge in [0, 0.05) is 25.7 Å². The first-order valence-corrected chi connectivity index (χ1v) is 8.64. The fraction of sp³-hybridized carbons (Fsp3) is 0.875. The van der Waals surface area contributed by atoms with Crippen LogP contribution in [0.15, 0.2) is 0 Å². The van der Waals surface area contributed by atoms with Gasteiger partial charge >= 0.3 is 6.03 Å². The third-order valence-electron chi connectivity index (χ3n) is 4.97. The summed E-state index contributed by atoms with van der Waals surface area (Å²) in [5.41, 5.74) is 5.23. The molecule has 1 unspecified atom stereocenters. The van der Waals surface area contributed by atoms with E-state index in [1.54, 1.807) is 0 Å². The predicted molar refractivity (Wildman–Crippen MR) is 86.4 cm³/mol. The van der Waals surface area contributed by atoms with Gasteiger partial charge in [0.2, 0.25) is 0 Å². The average molecular weight is 310 g/mol. The maximum Gasteiger partial charge on any atom is 0.325 e. The Labute approximate surface area is 133 Å². The van der Waals surface area contributed by atoms with E-state index in [0.717, 1.165) is 26.1 Å².